The summed E-state index contributed by atoms with van der Waals surface area (Å²) in [4.78, 5) is 0. The standard InChI is InChI=1S/C21H20N4/c1-3-17-6-10-19(11-7-17)23-25-21-14-12-20(13-15-21)24-22-18-8-4-16(2)5-9-18/h4-15H,3H2,1-2H3. The van der Waals surface area contributed by atoms with Crippen LogP contribution in [0.25, 0.3) is 0 Å². The molecule has 124 valence electrons. The van der Waals surface area contributed by atoms with Crippen LogP contribution in [0.4, 0.5) is 22.7 Å². The van der Waals surface area contributed by atoms with Crippen molar-refractivity contribution < 1.29 is 0 Å². The Hall–Kier alpha value is -3.14. The Morgan fingerprint density at radius 2 is 0.840 bits per heavy atom. The zero-order valence-corrected chi connectivity index (χ0v) is 14.4. The van der Waals surface area contributed by atoms with Crippen LogP contribution in [0.5, 0.6) is 0 Å². The van der Waals surface area contributed by atoms with E-state index in [-0.39, 0.29) is 0 Å². The van der Waals surface area contributed by atoms with Crippen LogP contribution >= 0.6 is 0 Å². The van der Waals surface area contributed by atoms with E-state index < -0.39 is 0 Å². The summed E-state index contributed by atoms with van der Waals surface area (Å²) in [6.45, 7) is 4.18. The normalized spacial score (nSPS) is 11.4. The molecule has 0 atom stereocenters. The molecule has 0 aliphatic rings. The highest BCUT2D eigenvalue weighted by Gasteiger charge is 1.95. The van der Waals surface area contributed by atoms with Crippen LogP contribution in [0.1, 0.15) is 18.1 Å². The summed E-state index contributed by atoms with van der Waals surface area (Å²) in [5.74, 6) is 0. The number of azo groups is 2. The van der Waals surface area contributed by atoms with Crippen molar-refractivity contribution in [1.29, 1.82) is 0 Å². The summed E-state index contributed by atoms with van der Waals surface area (Å²) < 4.78 is 0. The van der Waals surface area contributed by atoms with Gasteiger partial charge in [0.25, 0.3) is 0 Å². The molecule has 0 aliphatic heterocycles. The van der Waals surface area contributed by atoms with Crippen molar-refractivity contribution in [3.05, 3.63) is 83.9 Å². The molecule has 0 spiro atoms. The average molecular weight is 328 g/mol. The van der Waals surface area contributed by atoms with Crippen LogP contribution in [0.15, 0.2) is 93.3 Å². The van der Waals surface area contributed by atoms with Crippen molar-refractivity contribution in [3.8, 4) is 0 Å². The van der Waals surface area contributed by atoms with Crippen molar-refractivity contribution in [1.82, 2.24) is 0 Å². The molecular formula is C21H20N4. The maximum Gasteiger partial charge on any atom is 0.0858 e. The van der Waals surface area contributed by atoms with Gasteiger partial charge >= 0.3 is 0 Å². The Morgan fingerprint density at radius 1 is 0.520 bits per heavy atom. The zero-order chi connectivity index (χ0) is 17.5. The fraction of sp³-hybridized carbons (Fsp3) is 0.143. The van der Waals surface area contributed by atoms with Gasteiger partial charge in [-0.3, -0.25) is 0 Å². The van der Waals surface area contributed by atoms with Crippen LogP contribution in [-0.4, -0.2) is 0 Å². The van der Waals surface area contributed by atoms with Gasteiger partial charge in [0.15, 0.2) is 0 Å². The quantitative estimate of drug-likeness (QED) is 0.438. The molecule has 25 heavy (non-hydrogen) atoms. The van der Waals surface area contributed by atoms with Crippen LogP contribution in [0.3, 0.4) is 0 Å². The first-order valence-corrected chi connectivity index (χ1v) is 8.32. The molecule has 0 amide bonds. The third-order valence-electron chi connectivity index (χ3n) is 3.79. The first-order valence-electron chi connectivity index (χ1n) is 8.32. The second-order valence-corrected chi connectivity index (χ2v) is 5.77. The first-order chi connectivity index (χ1) is 12.2. The van der Waals surface area contributed by atoms with Crippen LogP contribution in [-0.2, 0) is 6.42 Å². The van der Waals surface area contributed by atoms with Gasteiger partial charge in [-0.25, -0.2) is 0 Å². The molecule has 4 heteroatoms. The minimum absolute atomic E-state index is 0.784. The summed E-state index contributed by atoms with van der Waals surface area (Å²) in [5, 5.41) is 17.0. The van der Waals surface area contributed by atoms with Crippen LogP contribution in [0.2, 0.25) is 0 Å². The third-order valence-corrected chi connectivity index (χ3v) is 3.79. The molecule has 0 fully saturated rings. The van der Waals surface area contributed by atoms with Gasteiger partial charge < -0.3 is 0 Å². The lowest BCUT2D eigenvalue weighted by molar-refractivity contribution is 1.13. The second kappa shape index (κ2) is 8.11. The van der Waals surface area contributed by atoms with E-state index in [9.17, 15) is 0 Å². The topological polar surface area (TPSA) is 49.4 Å². The van der Waals surface area contributed by atoms with Gasteiger partial charge in [-0.2, -0.15) is 20.5 Å². The Morgan fingerprint density at radius 3 is 1.20 bits per heavy atom. The van der Waals surface area contributed by atoms with E-state index in [0.717, 1.165) is 29.2 Å². The van der Waals surface area contributed by atoms with E-state index in [2.05, 4.69) is 39.5 Å². The lowest BCUT2D eigenvalue weighted by atomic mass is 10.2. The van der Waals surface area contributed by atoms with E-state index >= 15 is 0 Å². The van der Waals surface area contributed by atoms with Gasteiger partial charge in [0.2, 0.25) is 0 Å². The SMILES string of the molecule is CCc1ccc(N=Nc2ccc(N=Nc3ccc(C)cc3)cc2)cc1. The highest BCUT2D eigenvalue weighted by atomic mass is 15.1. The smallest absolute Gasteiger partial charge is 0.0858 e. The Bertz CT molecular complexity index is 861. The Kier molecular flexibility index (Phi) is 5.42. The average Bonchev–Trinajstić information content (AvgIpc) is 2.67. The molecule has 4 nitrogen and oxygen atoms in total. The van der Waals surface area contributed by atoms with E-state index in [0.29, 0.717) is 0 Å². The van der Waals surface area contributed by atoms with Gasteiger partial charge in [-0.1, -0.05) is 36.8 Å². The molecular weight excluding hydrogens is 308 g/mol. The summed E-state index contributed by atoms with van der Waals surface area (Å²) in [5.41, 5.74) is 5.76. The van der Waals surface area contributed by atoms with E-state index in [1.54, 1.807) is 0 Å². The van der Waals surface area contributed by atoms with Crippen molar-refractivity contribution in [3.63, 3.8) is 0 Å². The fourth-order valence-electron chi connectivity index (χ4n) is 2.23. The highest BCUT2D eigenvalue weighted by Crippen LogP contribution is 2.23. The van der Waals surface area contributed by atoms with Crippen LogP contribution in [0, 0.1) is 6.92 Å². The van der Waals surface area contributed by atoms with Gasteiger partial charge in [0.1, 0.15) is 0 Å². The number of nitrogens with zero attached hydrogens (tertiary/aromatic N) is 4. The summed E-state index contributed by atoms with van der Waals surface area (Å²) >= 11 is 0. The highest BCUT2D eigenvalue weighted by molar-refractivity contribution is 5.48. The lowest BCUT2D eigenvalue weighted by Crippen LogP contribution is -1.75. The van der Waals surface area contributed by atoms with Crippen molar-refractivity contribution in [2.75, 3.05) is 0 Å². The minimum Gasteiger partial charge on any atom is -0.151 e. The van der Waals surface area contributed by atoms with Crippen molar-refractivity contribution >= 4 is 22.7 Å². The van der Waals surface area contributed by atoms with E-state index in [1.165, 1.54) is 11.1 Å². The molecule has 3 aromatic rings. The van der Waals surface area contributed by atoms with E-state index in [1.807, 2.05) is 67.6 Å². The second-order valence-electron chi connectivity index (χ2n) is 5.77. The molecule has 0 radical (unpaired) electrons. The molecule has 0 heterocycles. The van der Waals surface area contributed by atoms with Gasteiger partial charge in [0.05, 0.1) is 22.7 Å². The lowest BCUT2D eigenvalue weighted by Gasteiger charge is -1.97. The molecule has 0 unspecified atom stereocenters. The molecule has 0 saturated carbocycles. The zero-order valence-electron chi connectivity index (χ0n) is 14.4. The first kappa shape index (κ1) is 16.7. The molecule has 0 bridgehead atoms. The number of aryl methyl sites for hydroxylation is 2. The molecule has 3 aromatic carbocycles. The molecule has 0 aromatic heterocycles. The number of rotatable bonds is 5. The van der Waals surface area contributed by atoms with E-state index in [4.69, 9.17) is 0 Å². The number of hydrogen-bond donors (Lipinski definition) is 0. The summed E-state index contributed by atoms with van der Waals surface area (Å²) in [6, 6.07) is 23.6. The Balaban J connectivity index is 1.65. The minimum atomic E-state index is 0.784. The maximum absolute atomic E-state index is 4.25. The molecule has 0 aliphatic carbocycles. The molecule has 0 N–H and O–H groups in total. The largest absolute Gasteiger partial charge is 0.151 e. The van der Waals surface area contributed by atoms with Crippen molar-refractivity contribution in [2.24, 2.45) is 20.5 Å². The molecule has 3 rings (SSSR count). The number of benzene rings is 3. The fourth-order valence-corrected chi connectivity index (χ4v) is 2.23. The summed E-state index contributed by atoms with van der Waals surface area (Å²) in [7, 11) is 0. The van der Waals surface area contributed by atoms with Crippen LogP contribution < -0.4 is 0 Å². The maximum atomic E-state index is 4.25. The van der Waals surface area contributed by atoms with Gasteiger partial charge in [0, 0.05) is 0 Å². The Labute approximate surface area is 148 Å². The monoisotopic (exact) mass is 328 g/mol. The predicted molar refractivity (Wildman–Crippen MR) is 102 cm³/mol. The van der Waals surface area contributed by atoms with Crippen molar-refractivity contribution in [2.45, 2.75) is 20.3 Å². The van der Waals surface area contributed by atoms with Gasteiger partial charge in [-0.05, 0) is 67.4 Å². The predicted octanol–water partition coefficient (Wildman–Crippen LogP) is 7.39. The van der Waals surface area contributed by atoms with Gasteiger partial charge in [-0.15, -0.1) is 0 Å². The molecule has 0 saturated heterocycles. The third kappa shape index (κ3) is 4.91. The number of hydrogen-bond acceptors (Lipinski definition) is 4. The summed E-state index contributed by atoms with van der Waals surface area (Å²) in [6.07, 6.45) is 1.02.